The summed E-state index contributed by atoms with van der Waals surface area (Å²) in [5, 5.41) is 0. The smallest absolute Gasteiger partial charge is 0.394 e. The Labute approximate surface area is 135 Å². The molecule has 0 aliphatic carbocycles. The van der Waals surface area contributed by atoms with Crippen molar-refractivity contribution >= 4 is 34.6 Å². The van der Waals surface area contributed by atoms with E-state index in [1.807, 2.05) is 0 Å². The maximum absolute atomic E-state index is 12.5. The van der Waals surface area contributed by atoms with Gasteiger partial charge in [-0.2, -0.15) is 0 Å². The minimum Gasteiger partial charge on any atom is -0.462 e. The first-order valence-corrected chi connectivity index (χ1v) is 7.07. The van der Waals surface area contributed by atoms with Gasteiger partial charge in [-0.3, -0.25) is 9.59 Å². The molecule has 7 heteroatoms. The Bertz CT molecular complexity index is 986. The molecule has 3 aromatic rings. The van der Waals surface area contributed by atoms with Crippen molar-refractivity contribution in [1.29, 1.82) is 0 Å². The van der Waals surface area contributed by atoms with E-state index in [1.54, 1.807) is 36.4 Å². The van der Waals surface area contributed by atoms with E-state index < -0.39 is 17.8 Å². The number of oxazole rings is 1. The lowest BCUT2D eigenvalue weighted by Crippen LogP contribution is -2.29. The van der Waals surface area contributed by atoms with Crippen molar-refractivity contribution in [3.05, 3.63) is 59.5 Å². The molecule has 0 radical (unpaired) electrons. The van der Waals surface area contributed by atoms with Crippen molar-refractivity contribution in [2.75, 3.05) is 12.0 Å². The summed E-state index contributed by atoms with van der Waals surface area (Å²) in [6, 6.07) is 11.3. The van der Waals surface area contributed by atoms with Crippen molar-refractivity contribution in [3.8, 4) is 0 Å². The summed E-state index contributed by atoms with van der Waals surface area (Å²) in [5.74, 6) is -1.68. The van der Waals surface area contributed by atoms with Crippen LogP contribution >= 0.6 is 0 Å². The number of carbonyl (C=O) groups is 3. The maximum atomic E-state index is 12.5. The van der Waals surface area contributed by atoms with Crippen LogP contribution in [0, 0.1) is 0 Å². The lowest BCUT2D eigenvalue weighted by molar-refractivity contribution is 0.0558. The van der Waals surface area contributed by atoms with E-state index in [0.717, 1.165) is 4.90 Å². The third-order valence-electron chi connectivity index (χ3n) is 3.78. The zero-order valence-corrected chi connectivity index (χ0v) is 12.5. The van der Waals surface area contributed by atoms with Gasteiger partial charge in [-0.15, -0.1) is 0 Å². The molecule has 2 heterocycles. The number of benzene rings is 2. The van der Waals surface area contributed by atoms with Crippen LogP contribution in [0.2, 0.25) is 0 Å². The van der Waals surface area contributed by atoms with Crippen LogP contribution in [0.3, 0.4) is 0 Å². The molecule has 1 aliphatic rings. The van der Waals surface area contributed by atoms with Crippen LogP contribution in [-0.2, 0) is 4.74 Å². The fourth-order valence-corrected chi connectivity index (χ4v) is 2.65. The Morgan fingerprint density at radius 2 is 1.75 bits per heavy atom. The average molecular weight is 322 g/mol. The normalized spacial score (nSPS) is 13.5. The van der Waals surface area contributed by atoms with Gasteiger partial charge in [0, 0.05) is 0 Å². The zero-order valence-electron chi connectivity index (χ0n) is 12.5. The molecule has 0 atom stereocenters. The lowest BCUT2D eigenvalue weighted by Gasteiger charge is -2.13. The summed E-state index contributed by atoms with van der Waals surface area (Å²) >= 11 is 0. The molecule has 0 fully saturated rings. The Morgan fingerprint density at radius 3 is 2.38 bits per heavy atom. The number of imide groups is 1. The number of carbonyl (C=O) groups excluding carboxylic acids is 3. The average Bonchev–Trinajstić information content (AvgIpc) is 3.14. The molecule has 0 spiro atoms. The molecule has 0 unspecified atom stereocenters. The molecule has 7 nitrogen and oxygen atoms in total. The van der Waals surface area contributed by atoms with Gasteiger partial charge in [-0.05, 0) is 30.3 Å². The summed E-state index contributed by atoms with van der Waals surface area (Å²) in [7, 11) is 1.22. The number of anilines is 1. The molecular formula is C17H10N2O5. The Morgan fingerprint density at radius 1 is 1.08 bits per heavy atom. The van der Waals surface area contributed by atoms with Gasteiger partial charge >= 0.3 is 11.9 Å². The highest BCUT2D eigenvalue weighted by Crippen LogP contribution is 2.30. The van der Waals surface area contributed by atoms with Gasteiger partial charge in [0.1, 0.15) is 5.52 Å². The molecule has 0 bridgehead atoms. The summed E-state index contributed by atoms with van der Waals surface area (Å²) in [5.41, 5.74) is 1.79. The summed E-state index contributed by atoms with van der Waals surface area (Å²) in [6.45, 7) is 0. The van der Waals surface area contributed by atoms with Crippen LogP contribution in [0.4, 0.5) is 5.69 Å². The third-order valence-corrected chi connectivity index (χ3v) is 3.78. The molecular weight excluding hydrogens is 312 g/mol. The Hall–Kier alpha value is -3.48. The first kappa shape index (κ1) is 14.1. The number of ether oxygens (including phenoxy) is 1. The number of methoxy groups -OCH3 is 1. The van der Waals surface area contributed by atoms with Crippen LogP contribution in [0.25, 0.3) is 11.1 Å². The second-order valence-corrected chi connectivity index (χ2v) is 5.15. The molecule has 0 saturated carbocycles. The van der Waals surface area contributed by atoms with E-state index in [1.165, 1.54) is 13.2 Å². The molecule has 24 heavy (non-hydrogen) atoms. The van der Waals surface area contributed by atoms with Gasteiger partial charge in [-0.25, -0.2) is 14.7 Å². The molecule has 1 aliphatic heterocycles. The van der Waals surface area contributed by atoms with E-state index in [2.05, 4.69) is 9.72 Å². The minimum atomic E-state index is -0.700. The Balaban J connectivity index is 1.79. The standard InChI is InChI=1S/C17H10N2O5/c1-23-17(22)14-18-12-8-9(6-7-13(12)24-14)19-15(20)10-4-2-3-5-11(10)16(19)21/h2-8H,1H3. The lowest BCUT2D eigenvalue weighted by atomic mass is 10.1. The van der Waals surface area contributed by atoms with Crippen molar-refractivity contribution in [2.24, 2.45) is 0 Å². The first-order chi connectivity index (χ1) is 11.6. The van der Waals surface area contributed by atoms with Crippen molar-refractivity contribution < 1.29 is 23.5 Å². The number of fused-ring (bicyclic) bond motifs is 2. The van der Waals surface area contributed by atoms with Gasteiger partial charge in [0.05, 0.1) is 23.9 Å². The largest absolute Gasteiger partial charge is 0.462 e. The molecule has 0 N–H and O–H groups in total. The SMILES string of the molecule is COC(=O)c1nc2cc(N3C(=O)c4ccccc4C3=O)ccc2o1. The number of hydrogen-bond acceptors (Lipinski definition) is 6. The number of hydrogen-bond donors (Lipinski definition) is 0. The quantitative estimate of drug-likeness (QED) is 0.531. The highest BCUT2D eigenvalue weighted by molar-refractivity contribution is 6.34. The third kappa shape index (κ3) is 1.91. The summed E-state index contributed by atoms with van der Waals surface area (Å²) < 4.78 is 9.84. The van der Waals surface area contributed by atoms with Gasteiger partial charge in [-0.1, -0.05) is 12.1 Å². The van der Waals surface area contributed by atoms with Crippen LogP contribution < -0.4 is 4.90 Å². The zero-order chi connectivity index (χ0) is 16.8. The van der Waals surface area contributed by atoms with E-state index in [-0.39, 0.29) is 5.89 Å². The number of esters is 1. The van der Waals surface area contributed by atoms with Crippen molar-refractivity contribution in [1.82, 2.24) is 4.98 Å². The predicted octanol–water partition coefficient (Wildman–Crippen LogP) is 2.42. The highest BCUT2D eigenvalue weighted by atomic mass is 16.5. The minimum absolute atomic E-state index is 0.188. The van der Waals surface area contributed by atoms with Gasteiger partial charge in [0.25, 0.3) is 11.8 Å². The van der Waals surface area contributed by atoms with E-state index >= 15 is 0 Å². The van der Waals surface area contributed by atoms with Crippen LogP contribution in [0.5, 0.6) is 0 Å². The van der Waals surface area contributed by atoms with Crippen molar-refractivity contribution in [2.45, 2.75) is 0 Å². The molecule has 0 saturated heterocycles. The second-order valence-electron chi connectivity index (χ2n) is 5.15. The number of aromatic nitrogens is 1. The second kappa shape index (κ2) is 5.02. The maximum Gasteiger partial charge on any atom is 0.394 e. The van der Waals surface area contributed by atoms with E-state index in [4.69, 9.17) is 4.42 Å². The fraction of sp³-hybridized carbons (Fsp3) is 0.0588. The van der Waals surface area contributed by atoms with Gasteiger partial charge < -0.3 is 9.15 Å². The van der Waals surface area contributed by atoms with E-state index in [0.29, 0.717) is 27.9 Å². The number of nitrogens with zero attached hydrogens (tertiary/aromatic N) is 2. The topological polar surface area (TPSA) is 89.7 Å². The molecule has 1 aromatic heterocycles. The number of amides is 2. The Kier molecular flexibility index (Phi) is 2.96. The molecule has 2 aromatic carbocycles. The summed E-state index contributed by atoms with van der Waals surface area (Å²) in [6.07, 6.45) is 0. The van der Waals surface area contributed by atoms with Crippen LogP contribution in [-0.4, -0.2) is 29.9 Å². The predicted molar refractivity (Wildman–Crippen MR) is 82.9 cm³/mol. The number of rotatable bonds is 2. The summed E-state index contributed by atoms with van der Waals surface area (Å²) in [4.78, 5) is 41.6. The van der Waals surface area contributed by atoms with Gasteiger partial charge in [0.2, 0.25) is 0 Å². The fourth-order valence-electron chi connectivity index (χ4n) is 2.65. The van der Waals surface area contributed by atoms with Crippen molar-refractivity contribution in [3.63, 3.8) is 0 Å². The van der Waals surface area contributed by atoms with Gasteiger partial charge in [0.15, 0.2) is 5.58 Å². The molecule has 4 rings (SSSR count). The molecule has 2 amide bonds. The van der Waals surface area contributed by atoms with Crippen LogP contribution in [0.1, 0.15) is 31.4 Å². The monoisotopic (exact) mass is 322 g/mol. The molecule has 118 valence electrons. The van der Waals surface area contributed by atoms with Crippen LogP contribution in [0.15, 0.2) is 46.9 Å². The highest BCUT2D eigenvalue weighted by Gasteiger charge is 2.36. The first-order valence-electron chi connectivity index (χ1n) is 7.07. The van der Waals surface area contributed by atoms with E-state index in [9.17, 15) is 14.4 Å².